The fourth-order valence-electron chi connectivity index (χ4n) is 1.72. The summed E-state index contributed by atoms with van der Waals surface area (Å²) >= 11 is 0. The summed E-state index contributed by atoms with van der Waals surface area (Å²) in [6.45, 7) is 19.9. The van der Waals surface area contributed by atoms with Gasteiger partial charge in [-0.3, -0.25) is 0 Å². The second-order valence-corrected chi connectivity index (χ2v) is 6.07. The van der Waals surface area contributed by atoms with Crippen LogP contribution in [0.4, 0.5) is 0 Å². The smallest absolute Gasteiger partial charge is 0.122 e. The Morgan fingerprint density at radius 2 is 1.06 bits per heavy atom. The van der Waals surface area contributed by atoms with Gasteiger partial charge in [0.1, 0.15) is 6.29 Å². The zero-order valence-electron chi connectivity index (χ0n) is 21.9. The van der Waals surface area contributed by atoms with Crippen LogP contribution in [0.3, 0.4) is 0 Å². The Morgan fingerprint density at radius 3 is 1.45 bits per heavy atom. The summed E-state index contributed by atoms with van der Waals surface area (Å²) in [4.78, 5) is 9.98. The number of carbonyl (C=O) groups excluding carboxylic acids is 1. The molecule has 0 bridgehead atoms. The highest BCUT2D eigenvalue weighted by Gasteiger charge is 1.92. The minimum atomic E-state index is 0.441. The van der Waals surface area contributed by atoms with Crippen molar-refractivity contribution in [3.63, 3.8) is 0 Å². The van der Waals surface area contributed by atoms with Gasteiger partial charge in [-0.1, -0.05) is 41.5 Å². The molecule has 0 fully saturated rings. The SMILES string of the molecule is CC.CC.CNCCCNC(C)C.CNCCOCCOCCOCCOCCC=O. The molecule has 0 unspecified atom stereocenters. The summed E-state index contributed by atoms with van der Waals surface area (Å²) in [6, 6.07) is 0.627. The second-order valence-electron chi connectivity index (χ2n) is 6.07. The van der Waals surface area contributed by atoms with E-state index in [2.05, 4.69) is 29.8 Å². The van der Waals surface area contributed by atoms with Crippen LogP contribution in [-0.4, -0.2) is 98.9 Å². The molecule has 0 aromatic carbocycles. The first-order valence-corrected chi connectivity index (χ1v) is 12.0. The Kier molecular flexibility index (Phi) is 52.6. The third-order valence-electron chi connectivity index (χ3n) is 3.15. The van der Waals surface area contributed by atoms with E-state index in [4.69, 9.17) is 18.9 Å². The van der Waals surface area contributed by atoms with Crippen LogP contribution >= 0.6 is 0 Å². The van der Waals surface area contributed by atoms with Crippen LogP contribution in [0.5, 0.6) is 0 Å². The Labute approximate surface area is 193 Å². The minimum Gasteiger partial charge on any atom is -0.379 e. The summed E-state index contributed by atoms with van der Waals surface area (Å²) < 4.78 is 21.0. The number of hydrogen-bond acceptors (Lipinski definition) is 8. The van der Waals surface area contributed by atoms with Gasteiger partial charge in [-0.25, -0.2) is 0 Å². The highest BCUT2D eigenvalue weighted by molar-refractivity contribution is 5.49. The third-order valence-corrected chi connectivity index (χ3v) is 3.15. The maximum Gasteiger partial charge on any atom is 0.122 e. The molecular formula is C23H55N3O5. The topological polar surface area (TPSA) is 90.1 Å². The van der Waals surface area contributed by atoms with Crippen molar-refractivity contribution in [2.45, 2.75) is 60.4 Å². The van der Waals surface area contributed by atoms with Crippen molar-refractivity contribution in [1.29, 1.82) is 0 Å². The molecule has 3 N–H and O–H groups in total. The van der Waals surface area contributed by atoms with Crippen LogP contribution in [-0.2, 0) is 23.7 Å². The van der Waals surface area contributed by atoms with Crippen LogP contribution < -0.4 is 16.0 Å². The summed E-state index contributed by atoms with van der Waals surface area (Å²) in [5.74, 6) is 0. The maximum atomic E-state index is 9.98. The molecule has 31 heavy (non-hydrogen) atoms. The Bertz CT molecular complexity index is 274. The first-order chi connectivity index (χ1) is 15.2. The molecule has 0 saturated carbocycles. The normalized spacial score (nSPS) is 9.71. The van der Waals surface area contributed by atoms with Crippen molar-refractivity contribution < 1.29 is 23.7 Å². The van der Waals surface area contributed by atoms with Crippen LogP contribution in [0.25, 0.3) is 0 Å². The highest BCUT2D eigenvalue weighted by atomic mass is 16.6. The number of hydrogen-bond donors (Lipinski definition) is 3. The Balaban J connectivity index is -0.000000235. The van der Waals surface area contributed by atoms with E-state index in [0.29, 0.717) is 65.3 Å². The number of carbonyl (C=O) groups is 1. The number of aldehydes is 1. The molecule has 0 radical (unpaired) electrons. The van der Waals surface area contributed by atoms with Gasteiger partial charge in [0.2, 0.25) is 0 Å². The first-order valence-electron chi connectivity index (χ1n) is 12.0. The van der Waals surface area contributed by atoms with Crippen molar-refractivity contribution in [2.24, 2.45) is 0 Å². The maximum absolute atomic E-state index is 9.98. The van der Waals surface area contributed by atoms with Crippen molar-refractivity contribution >= 4 is 6.29 Å². The van der Waals surface area contributed by atoms with Crippen LogP contribution in [0.15, 0.2) is 0 Å². The van der Waals surface area contributed by atoms with E-state index in [1.165, 1.54) is 6.42 Å². The van der Waals surface area contributed by atoms with Crippen LogP contribution in [0, 0.1) is 0 Å². The molecule has 0 heterocycles. The minimum absolute atomic E-state index is 0.441. The average molecular weight is 454 g/mol. The van der Waals surface area contributed by atoms with Gasteiger partial charge in [0.25, 0.3) is 0 Å². The summed E-state index contributed by atoms with van der Waals surface area (Å²) in [6.07, 6.45) is 2.50. The number of likely N-dealkylation sites (N-methyl/N-ethyl adjacent to an activating group) is 1. The molecule has 0 saturated heterocycles. The van der Waals surface area contributed by atoms with Crippen LogP contribution in [0.2, 0.25) is 0 Å². The fourth-order valence-corrected chi connectivity index (χ4v) is 1.72. The molecule has 0 aliphatic rings. The van der Waals surface area contributed by atoms with E-state index < -0.39 is 0 Å². The zero-order chi connectivity index (χ0) is 24.4. The quantitative estimate of drug-likeness (QED) is 0.191. The molecule has 0 rings (SSSR count). The van der Waals surface area contributed by atoms with Gasteiger partial charge in [-0.05, 0) is 33.6 Å². The van der Waals surface area contributed by atoms with Gasteiger partial charge in [-0.15, -0.1) is 0 Å². The van der Waals surface area contributed by atoms with Gasteiger partial charge >= 0.3 is 0 Å². The van der Waals surface area contributed by atoms with E-state index in [0.717, 1.165) is 25.9 Å². The van der Waals surface area contributed by atoms with Crippen molar-refractivity contribution in [2.75, 3.05) is 86.6 Å². The standard InChI is InChI=1S/C12H25NO5.C7H18N2.2C2H6/c1-13-3-6-16-8-10-18-12-11-17-9-7-15-5-2-4-14;1-7(2)9-6-4-5-8-3;2*1-2/h4,13H,2-3,5-12H2,1H3;7-9H,4-6H2,1-3H3;2*1-2H3. The van der Waals surface area contributed by atoms with Crippen molar-refractivity contribution in [3.05, 3.63) is 0 Å². The van der Waals surface area contributed by atoms with E-state index in [1.54, 1.807) is 0 Å². The number of rotatable bonds is 20. The average Bonchev–Trinajstić information content (AvgIpc) is 2.80. The molecule has 0 aromatic rings. The van der Waals surface area contributed by atoms with E-state index in [-0.39, 0.29) is 0 Å². The van der Waals surface area contributed by atoms with Gasteiger partial charge in [-0.2, -0.15) is 0 Å². The lowest BCUT2D eigenvalue weighted by atomic mass is 10.3. The monoisotopic (exact) mass is 453 g/mol. The molecule has 0 spiro atoms. The molecule has 8 heteroatoms. The number of ether oxygens (including phenoxy) is 4. The fraction of sp³-hybridized carbons (Fsp3) is 0.957. The molecular weight excluding hydrogens is 398 g/mol. The van der Waals surface area contributed by atoms with E-state index >= 15 is 0 Å². The summed E-state index contributed by atoms with van der Waals surface area (Å²) in [5.41, 5.74) is 0. The Hall–Kier alpha value is -0.610. The molecule has 0 aliphatic carbocycles. The molecule has 8 nitrogen and oxygen atoms in total. The van der Waals surface area contributed by atoms with Gasteiger partial charge < -0.3 is 39.7 Å². The summed E-state index contributed by atoms with van der Waals surface area (Å²) in [5, 5.41) is 9.44. The van der Waals surface area contributed by atoms with E-state index in [9.17, 15) is 4.79 Å². The predicted octanol–water partition coefficient (Wildman–Crippen LogP) is 2.51. The zero-order valence-corrected chi connectivity index (χ0v) is 21.9. The number of nitrogens with one attached hydrogen (secondary N) is 3. The lowest BCUT2D eigenvalue weighted by Crippen LogP contribution is -2.25. The third kappa shape index (κ3) is 53.0. The highest BCUT2D eigenvalue weighted by Crippen LogP contribution is 1.83. The lowest BCUT2D eigenvalue weighted by molar-refractivity contribution is -0.108. The molecule has 0 amide bonds. The molecule has 0 atom stereocenters. The largest absolute Gasteiger partial charge is 0.379 e. The first kappa shape index (κ1) is 37.7. The predicted molar refractivity (Wildman–Crippen MR) is 132 cm³/mol. The second kappa shape index (κ2) is 43.3. The van der Waals surface area contributed by atoms with E-state index in [1.807, 2.05) is 41.8 Å². The van der Waals surface area contributed by atoms with Gasteiger partial charge in [0, 0.05) is 19.0 Å². The van der Waals surface area contributed by atoms with Crippen molar-refractivity contribution in [1.82, 2.24) is 16.0 Å². The molecule has 192 valence electrons. The van der Waals surface area contributed by atoms with Crippen LogP contribution in [0.1, 0.15) is 54.4 Å². The van der Waals surface area contributed by atoms with Crippen molar-refractivity contribution in [3.8, 4) is 0 Å². The van der Waals surface area contributed by atoms with Gasteiger partial charge in [0.15, 0.2) is 0 Å². The summed E-state index contributed by atoms with van der Waals surface area (Å²) in [7, 11) is 3.87. The lowest BCUT2D eigenvalue weighted by Gasteiger charge is -2.06. The molecule has 0 aliphatic heterocycles. The Morgan fingerprint density at radius 1 is 0.645 bits per heavy atom. The molecule has 0 aromatic heterocycles. The van der Waals surface area contributed by atoms with Gasteiger partial charge in [0.05, 0.1) is 52.9 Å².